The van der Waals surface area contributed by atoms with E-state index in [9.17, 15) is 5.11 Å². The van der Waals surface area contributed by atoms with Gasteiger partial charge < -0.3 is 14.6 Å². The molecule has 1 N–H and O–H groups in total. The zero-order valence-electron chi connectivity index (χ0n) is 11.5. The molecule has 0 saturated heterocycles. The van der Waals surface area contributed by atoms with Crippen LogP contribution < -0.4 is 9.47 Å². The summed E-state index contributed by atoms with van der Waals surface area (Å²) < 4.78 is 11.1. The van der Waals surface area contributed by atoms with Crippen LogP contribution in [0.5, 0.6) is 17.2 Å². The van der Waals surface area contributed by atoms with Crippen LogP contribution in [0.3, 0.4) is 0 Å². The van der Waals surface area contributed by atoms with Crippen LogP contribution in [0.25, 0.3) is 5.57 Å². The van der Waals surface area contributed by atoms with Gasteiger partial charge in [-0.2, -0.15) is 0 Å². The maximum Gasteiger partial charge on any atom is 0.143 e. The summed E-state index contributed by atoms with van der Waals surface area (Å²) in [5, 5.41) is 9.58. The van der Waals surface area contributed by atoms with Gasteiger partial charge in [0.25, 0.3) is 0 Å². The molecule has 0 radical (unpaired) electrons. The lowest BCUT2D eigenvalue weighted by atomic mass is 9.98. The molecule has 0 spiro atoms. The van der Waals surface area contributed by atoms with E-state index < -0.39 is 0 Å². The maximum atomic E-state index is 9.58. The number of phenols is 1. The van der Waals surface area contributed by atoms with Gasteiger partial charge in [-0.3, -0.25) is 0 Å². The molecule has 2 aromatic rings. The number of phenolic OH excluding ortho intramolecular Hbond substituents is 1. The Kier molecular flexibility index (Phi) is 3.11. The van der Waals surface area contributed by atoms with Crippen LogP contribution in [0.1, 0.15) is 24.2 Å². The monoisotopic (exact) mass is 268 g/mol. The molecule has 3 rings (SSSR count). The molecule has 1 aliphatic rings. The fourth-order valence-corrected chi connectivity index (χ4v) is 2.38. The first-order chi connectivity index (χ1) is 9.67. The van der Waals surface area contributed by atoms with Gasteiger partial charge in [0.05, 0.1) is 7.11 Å². The van der Waals surface area contributed by atoms with Crippen LogP contribution in [0.15, 0.2) is 48.5 Å². The van der Waals surface area contributed by atoms with Gasteiger partial charge in [0.1, 0.15) is 23.4 Å². The van der Waals surface area contributed by atoms with Crippen molar-refractivity contribution in [2.75, 3.05) is 7.11 Å². The smallest absolute Gasteiger partial charge is 0.143 e. The summed E-state index contributed by atoms with van der Waals surface area (Å²) in [6, 6.07) is 13.0. The average molecular weight is 268 g/mol. The minimum absolute atomic E-state index is 0.143. The van der Waals surface area contributed by atoms with Crippen molar-refractivity contribution >= 4 is 5.57 Å². The Morgan fingerprint density at radius 2 is 1.85 bits per heavy atom. The number of ether oxygens (including phenoxy) is 2. The van der Waals surface area contributed by atoms with E-state index in [2.05, 4.69) is 13.0 Å². The van der Waals surface area contributed by atoms with Crippen molar-refractivity contribution in [2.45, 2.75) is 13.0 Å². The normalized spacial score (nSPS) is 16.9. The molecule has 1 atom stereocenters. The zero-order valence-corrected chi connectivity index (χ0v) is 11.5. The highest BCUT2D eigenvalue weighted by Gasteiger charge is 2.20. The van der Waals surface area contributed by atoms with E-state index in [-0.39, 0.29) is 11.9 Å². The van der Waals surface area contributed by atoms with Gasteiger partial charge in [-0.05, 0) is 48.4 Å². The van der Waals surface area contributed by atoms with Gasteiger partial charge in [0, 0.05) is 11.6 Å². The van der Waals surface area contributed by atoms with E-state index in [0.717, 1.165) is 22.4 Å². The highest BCUT2D eigenvalue weighted by atomic mass is 16.5. The fourth-order valence-electron chi connectivity index (χ4n) is 2.38. The Labute approximate surface area is 118 Å². The molecule has 0 saturated carbocycles. The van der Waals surface area contributed by atoms with Crippen molar-refractivity contribution in [3.05, 3.63) is 59.7 Å². The van der Waals surface area contributed by atoms with Crippen molar-refractivity contribution in [1.82, 2.24) is 0 Å². The molecule has 0 fully saturated rings. The van der Waals surface area contributed by atoms with Crippen molar-refractivity contribution in [1.29, 1.82) is 0 Å². The van der Waals surface area contributed by atoms with Crippen molar-refractivity contribution in [2.24, 2.45) is 0 Å². The van der Waals surface area contributed by atoms with Crippen molar-refractivity contribution < 1.29 is 14.6 Å². The minimum Gasteiger partial charge on any atom is -0.508 e. The SMILES string of the molecule is COc1ccc(C2C=C(C)c3ccc(O)cc3O2)cc1. The summed E-state index contributed by atoms with van der Waals surface area (Å²) in [6.07, 6.45) is 1.94. The number of hydrogen-bond acceptors (Lipinski definition) is 3. The molecule has 1 aliphatic heterocycles. The second kappa shape index (κ2) is 4.93. The quantitative estimate of drug-likeness (QED) is 0.896. The van der Waals surface area contributed by atoms with Gasteiger partial charge in [-0.15, -0.1) is 0 Å². The number of allylic oxidation sites excluding steroid dienone is 1. The number of hydrogen-bond donors (Lipinski definition) is 1. The van der Waals surface area contributed by atoms with E-state index in [0.29, 0.717) is 5.75 Å². The zero-order chi connectivity index (χ0) is 14.1. The molecule has 2 aromatic carbocycles. The van der Waals surface area contributed by atoms with Gasteiger partial charge in [-0.25, -0.2) is 0 Å². The summed E-state index contributed by atoms with van der Waals surface area (Å²) in [7, 11) is 1.65. The van der Waals surface area contributed by atoms with Crippen LogP contribution in [-0.4, -0.2) is 12.2 Å². The van der Waals surface area contributed by atoms with Crippen LogP contribution in [0, 0.1) is 0 Å². The van der Waals surface area contributed by atoms with E-state index in [1.165, 1.54) is 0 Å². The topological polar surface area (TPSA) is 38.7 Å². The molecular formula is C17H16O3. The summed E-state index contributed by atoms with van der Waals surface area (Å²) in [6.45, 7) is 2.05. The first-order valence-electron chi connectivity index (χ1n) is 6.50. The van der Waals surface area contributed by atoms with Crippen molar-refractivity contribution in [3.8, 4) is 17.2 Å². The Balaban J connectivity index is 1.95. The summed E-state index contributed by atoms with van der Waals surface area (Å²) in [5.41, 5.74) is 3.22. The van der Waals surface area contributed by atoms with Gasteiger partial charge in [0.2, 0.25) is 0 Å². The number of aromatic hydroxyl groups is 1. The Bertz CT molecular complexity index is 656. The lowest BCUT2D eigenvalue weighted by molar-refractivity contribution is 0.249. The highest BCUT2D eigenvalue weighted by Crippen LogP contribution is 2.39. The van der Waals surface area contributed by atoms with Gasteiger partial charge >= 0.3 is 0 Å². The second-order valence-electron chi connectivity index (χ2n) is 4.84. The third kappa shape index (κ3) is 2.23. The van der Waals surface area contributed by atoms with Crippen molar-refractivity contribution in [3.63, 3.8) is 0 Å². The standard InChI is InChI=1S/C17H16O3/c1-11-9-16(12-3-6-14(19-2)7-4-12)20-17-10-13(18)5-8-15(11)17/h3-10,16,18H,1-2H3. The van der Waals surface area contributed by atoms with Crippen LogP contribution in [-0.2, 0) is 0 Å². The Hall–Kier alpha value is -2.42. The number of methoxy groups -OCH3 is 1. The molecule has 0 amide bonds. The Morgan fingerprint density at radius 3 is 2.55 bits per heavy atom. The van der Waals surface area contributed by atoms with Crippen LogP contribution in [0.2, 0.25) is 0 Å². The van der Waals surface area contributed by atoms with E-state index in [1.54, 1.807) is 19.2 Å². The molecule has 0 aromatic heterocycles. The lowest BCUT2D eigenvalue weighted by Gasteiger charge is -2.24. The first-order valence-corrected chi connectivity index (χ1v) is 6.50. The molecular weight excluding hydrogens is 252 g/mol. The lowest BCUT2D eigenvalue weighted by Crippen LogP contribution is -2.10. The molecule has 1 heterocycles. The highest BCUT2D eigenvalue weighted by molar-refractivity contribution is 5.72. The molecule has 102 valence electrons. The predicted octanol–water partition coefficient (Wildman–Crippen LogP) is 3.94. The summed E-state index contributed by atoms with van der Waals surface area (Å²) >= 11 is 0. The van der Waals surface area contributed by atoms with E-state index in [1.807, 2.05) is 30.3 Å². The molecule has 1 unspecified atom stereocenters. The average Bonchev–Trinajstić information content (AvgIpc) is 2.46. The Morgan fingerprint density at radius 1 is 1.10 bits per heavy atom. The number of benzene rings is 2. The second-order valence-corrected chi connectivity index (χ2v) is 4.84. The molecule has 0 bridgehead atoms. The summed E-state index contributed by atoms with van der Waals surface area (Å²) in [4.78, 5) is 0. The molecule has 3 nitrogen and oxygen atoms in total. The van der Waals surface area contributed by atoms with Crippen LogP contribution in [0.4, 0.5) is 0 Å². The van der Waals surface area contributed by atoms with E-state index in [4.69, 9.17) is 9.47 Å². The molecule has 0 aliphatic carbocycles. The van der Waals surface area contributed by atoms with Gasteiger partial charge in [-0.1, -0.05) is 12.1 Å². The molecule has 3 heteroatoms. The number of fused-ring (bicyclic) bond motifs is 1. The first kappa shape index (κ1) is 12.6. The van der Waals surface area contributed by atoms with Crippen LogP contribution >= 0.6 is 0 Å². The van der Waals surface area contributed by atoms with Gasteiger partial charge in [0.15, 0.2) is 0 Å². The maximum absolute atomic E-state index is 9.58. The van der Waals surface area contributed by atoms with E-state index >= 15 is 0 Å². The fraction of sp³-hybridized carbons (Fsp3) is 0.176. The predicted molar refractivity (Wildman–Crippen MR) is 78.1 cm³/mol. The largest absolute Gasteiger partial charge is 0.508 e. The third-order valence-corrected chi connectivity index (χ3v) is 3.49. The number of rotatable bonds is 2. The third-order valence-electron chi connectivity index (χ3n) is 3.49. The molecule has 20 heavy (non-hydrogen) atoms. The summed E-state index contributed by atoms with van der Waals surface area (Å²) in [5.74, 6) is 1.75. The minimum atomic E-state index is -0.143.